The molecule has 5 nitrogen and oxygen atoms in total. The Hall–Kier alpha value is -2.80. The van der Waals surface area contributed by atoms with Crippen molar-refractivity contribution in [1.82, 2.24) is 15.1 Å². The van der Waals surface area contributed by atoms with Crippen LogP contribution in [-0.4, -0.2) is 58.9 Å². The van der Waals surface area contributed by atoms with Gasteiger partial charge in [0, 0.05) is 62.1 Å². The molecule has 2 aromatic carbocycles. The minimum absolute atomic E-state index is 0.0307. The lowest BCUT2D eigenvalue weighted by Gasteiger charge is -2.42. The highest BCUT2D eigenvalue weighted by atomic mass is 19.1. The Bertz CT molecular complexity index is 1290. The Kier molecular flexibility index (Phi) is 7.35. The first kappa shape index (κ1) is 28.7. The number of hydrogen-bond donors (Lipinski definition) is 1. The van der Waals surface area contributed by atoms with Crippen LogP contribution in [0.15, 0.2) is 42.5 Å². The van der Waals surface area contributed by atoms with Crippen LogP contribution in [0.3, 0.4) is 0 Å². The number of nitrogens with zero attached hydrogens (tertiary/aromatic N) is 2. The van der Waals surface area contributed by atoms with Crippen LogP contribution in [0.25, 0.3) is 0 Å². The van der Waals surface area contributed by atoms with Crippen molar-refractivity contribution in [1.29, 1.82) is 0 Å². The lowest BCUT2D eigenvalue weighted by atomic mass is 9.71. The van der Waals surface area contributed by atoms with Gasteiger partial charge in [-0.05, 0) is 82.1 Å². The first-order valence-electron chi connectivity index (χ1n) is 14.6. The van der Waals surface area contributed by atoms with Crippen molar-refractivity contribution in [2.75, 3.05) is 26.2 Å². The summed E-state index contributed by atoms with van der Waals surface area (Å²) in [4.78, 5) is 30.3. The monoisotopic (exact) mass is 551 g/mol. The van der Waals surface area contributed by atoms with Crippen molar-refractivity contribution in [2.45, 2.75) is 89.1 Å². The van der Waals surface area contributed by atoms with E-state index in [2.05, 4.69) is 69.1 Å². The molecule has 0 unspecified atom stereocenters. The molecule has 3 aliphatic rings. The van der Waals surface area contributed by atoms with Gasteiger partial charge in [0.2, 0.25) is 11.8 Å². The van der Waals surface area contributed by atoms with Gasteiger partial charge < -0.3 is 10.2 Å². The summed E-state index contributed by atoms with van der Waals surface area (Å²) in [5, 5.41) is 3.17. The minimum Gasteiger partial charge on any atom is -0.351 e. The van der Waals surface area contributed by atoms with E-state index in [4.69, 9.17) is 0 Å². The molecule has 0 saturated carbocycles. The number of hydrogen-bond acceptors (Lipinski definition) is 3. The van der Waals surface area contributed by atoms with Crippen molar-refractivity contribution in [3.05, 3.63) is 70.8 Å². The van der Waals surface area contributed by atoms with Crippen LogP contribution in [0.5, 0.6) is 0 Å². The van der Waals surface area contributed by atoms with E-state index in [0.29, 0.717) is 31.7 Å². The molecule has 2 aliphatic heterocycles. The van der Waals surface area contributed by atoms with Gasteiger partial charge in [0.25, 0.3) is 0 Å². The van der Waals surface area contributed by atoms with E-state index in [1.165, 1.54) is 23.3 Å². The van der Waals surface area contributed by atoms with E-state index in [-0.39, 0.29) is 46.1 Å². The molecule has 0 radical (unpaired) electrons. The summed E-state index contributed by atoms with van der Waals surface area (Å²) < 4.78 is 28.7. The van der Waals surface area contributed by atoms with Crippen molar-refractivity contribution in [3.63, 3.8) is 0 Å². The summed E-state index contributed by atoms with van der Waals surface area (Å²) in [7, 11) is 0. The molecule has 1 N–H and O–H groups in total. The zero-order valence-corrected chi connectivity index (χ0v) is 24.7. The molecule has 2 amide bonds. The van der Waals surface area contributed by atoms with Gasteiger partial charge in [0.15, 0.2) is 0 Å². The van der Waals surface area contributed by atoms with Gasteiger partial charge in [-0.15, -0.1) is 0 Å². The number of rotatable bonds is 4. The second-order valence-corrected chi connectivity index (χ2v) is 13.8. The first-order chi connectivity index (χ1) is 18.7. The van der Waals surface area contributed by atoms with Crippen LogP contribution < -0.4 is 5.32 Å². The summed E-state index contributed by atoms with van der Waals surface area (Å²) in [6.07, 6.45) is 2.65. The quantitative estimate of drug-likeness (QED) is 0.527. The summed E-state index contributed by atoms with van der Waals surface area (Å²) in [5.74, 6) is -1.65. The maximum atomic E-state index is 14.9. The molecule has 3 atom stereocenters. The fraction of sp³-hybridized carbons (Fsp3) is 0.576. The van der Waals surface area contributed by atoms with E-state index in [1.807, 2.05) is 4.90 Å². The van der Waals surface area contributed by atoms with Crippen LogP contribution >= 0.6 is 0 Å². The Morgan fingerprint density at radius 3 is 2.25 bits per heavy atom. The van der Waals surface area contributed by atoms with Crippen LogP contribution in [-0.2, 0) is 15.0 Å². The standard InChI is InChI=1S/C33H43F2N3O2/c1-21(39)36-32(5,6)28-18-33(27-10-8-7-9-24(27)28)13-15-37(16-14-33)30(40)26-20-38(31(2,3)4)19-25(26)23-12-11-22(34)17-29(23)35/h7-12,17,25-26,28H,13-16,18-20H2,1-6H3,(H,36,39)/t25-,26+,28+/m0/s1. The molecule has 40 heavy (non-hydrogen) atoms. The van der Waals surface area contributed by atoms with Gasteiger partial charge >= 0.3 is 0 Å². The average molecular weight is 552 g/mol. The van der Waals surface area contributed by atoms with Gasteiger partial charge in [-0.3, -0.25) is 14.5 Å². The highest BCUT2D eigenvalue weighted by molar-refractivity contribution is 5.81. The molecule has 216 valence electrons. The number of nitrogens with one attached hydrogen (secondary N) is 1. The van der Waals surface area contributed by atoms with Gasteiger partial charge in [-0.1, -0.05) is 30.3 Å². The number of amides is 2. The number of carbonyl (C=O) groups is 2. The summed E-state index contributed by atoms with van der Waals surface area (Å²) in [6.45, 7) is 14.5. The number of likely N-dealkylation sites (tertiary alicyclic amines) is 2. The minimum atomic E-state index is -0.604. The van der Waals surface area contributed by atoms with E-state index >= 15 is 0 Å². The van der Waals surface area contributed by atoms with Crippen molar-refractivity contribution >= 4 is 11.8 Å². The molecule has 0 aromatic heterocycles. The Morgan fingerprint density at radius 1 is 0.950 bits per heavy atom. The lowest BCUT2D eigenvalue weighted by molar-refractivity contribution is -0.137. The molecule has 1 aliphatic carbocycles. The maximum absolute atomic E-state index is 14.9. The third-order valence-corrected chi connectivity index (χ3v) is 9.85. The Morgan fingerprint density at radius 2 is 1.62 bits per heavy atom. The largest absolute Gasteiger partial charge is 0.351 e. The summed E-state index contributed by atoms with van der Waals surface area (Å²) >= 11 is 0. The predicted octanol–water partition coefficient (Wildman–Crippen LogP) is 5.74. The van der Waals surface area contributed by atoms with Gasteiger partial charge in [0.1, 0.15) is 11.6 Å². The summed E-state index contributed by atoms with van der Waals surface area (Å²) in [6, 6.07) is 12.3. The van der Waals surface area contributed by atoms with Crippen LogP contribution in [0.2, 0.25) is 0 Å². The van der Waals surface area contributed by atoms with Crippen molar-refractivity contribution in [3.8, 4) is 0 Å². The van der Waals surface area contributed by atoms with Crippen LogP contribution in [0, 0.1) is 17.6 Å². The Labute approximate surface area is 237 Å². The molecule has 0 bridgehead atoms. The normalized spacial score (nSPS) is 24.8. The molecule has 2 fully saturated rings. The fourth-order valence-electron chi connectivity index (χ4n) is 7.66. The second kappa shape index (κ2) is 10.2. The second-order valence-electron chi connectivity index (χ2n) is 13.8. The van der Waals surface area contributed by atoms with Crippen LogP contribution in [0.4, 0.5) is 8.78 Å². The number of halogens is 2. The van der Waals surface area contributed by atoms with Crippen molar-refractivity contribution < 1.29 is 18.4 Å². The highest BCUT2D eigenvalue weighted by Gasteiger charge is 2.51. The van der Waals surface area contributed by atoms with E-state index in [0.717, 1.165) is 25.3 Å². The number of fused-ring (bicyclic) bond motifs is 2. The van der Waals surface area contributed by atoms with Gasteiger partial charge in [-0.2, -0.15) is 0 Å². The number of benzene rings is 2. The molecule has 2 heterocycles. The van der Waals surface area contributed by atoms with Crippen LogP contribution in [0.1, 0.15) is 89.3 Å². The molecule has 2 aromatic rings. The zero-order chi connectivity index (χ0) is 29.0. The van der Waals surface area contributed by atoms with E-state index < -0.39 is 11.6 Å². The molecule has 5 rings (SSSR count). The topological polar surface area (TPSA) is 52.7 Å². The molecular formula is C33H43F2N3O2. The van der Waals surface area contributed by atoms with Crippen molar-refractivity contribution in [2.24, 2.45) is 5.92 Å². The molecular weight excluding hydrogens is 508 g/mol. The number of carbonyl (C=O) groups excluding carboxylic acids is 2. The van der Waals surface area contributed by atoms with Gasteiger partial charge in [0.05, 0.1) is 5.92 Å². The Balaban J connectivity index is 1.37. The first-order valence-corrected chi connectivity index (χ1v) is 14.6. The van der Waals surface area contributed by atoms with Gasteiger partial charge in [-0.25, -0.2) is 8.78 Å². The smallest absolute Gasteiger partial charge is 0.227 e. The summed E-state index contributed by atoms with van der Waals surface area (Å²) in [5.41, 5.74) is 2.47. The third kappa shape index (κ3) is 5.17. The zero-order valence-electron chi connectivity index (χ0n) is 24.7. The SMILES string of the molecule is CC(=O)NC(C)(C)[C@@H]1CC2(CCN(C(=O)[C@@H]3CN(C(C)(C)C)C[C@H]3c3ccc(F)cc3F)CC2)c2ccccc21. The fourth-order valence-corrected chi connectivity index (χ4v) is 7.66. The maximum Gasteiger partial charge on any atom is 0.227 e. The van der Waals surface area contributed by atoms with E-state index in [1.54, 1.807) is 6.92 Å². The molecule has 2 saturated heterocycles. The molecule has 1 spiro atoms. The lowest BCUT2D eigenvalue weighted by Crippen LogP contribution is -2.49. The molecule has 7 heteroatoms. The highest BCUT2D eigenvalue weighted by Crippen LogP contribution is 2.55. The predicted molar refractivity (Wildman–Crippen MR) is 153 cm³/mol. The average Bonchev–Trinajstić information content (AvgIpc) is 3.45. The third-order valence-electron chi connectivity index (χ3n) is 9.85. The van der Waals surface area contributed by atoms with E-state index in [9.17, 15) is 18.4 Å². The number of piperidine rings is 1.